The van der Waals surface area contributed by atoms with Gasteiger partial charge in [-0.15, -0.1) is 0 Å². The zero-order chi connectivity index (χ0) is 15.1. The molecular formula is C17H27BrN2O. The molecule has 1 aliphatic rings. The van der Waals surface area contributed by atoms with Crippen LogP contribution in [0, 0.1) is 0 Å². The molecule has 1 aromatic carbocycles. The quantitative estimate of drug-likeness (QED) is 0.750. The van der Waals surface area contributed by atoms with Crippen molar-refractivity contribution in [1.29, 1.82) is 0 Å². The first kappa shape index (κ1) is 16.8. The summed E-state index contributed by atoms with van der Waals surface area (Å²) in [4.78, 5) is 2.44. The van der Waals surface area contributed by atoms with E-state index in [1.165, 1.54) is 35.0 Å². The smallest absolute Gasteiger partial charge is 0.0750 e. The third-order valence-corrected chi connectivity index (χ3v) is 4.52. The minimum absolute atomic E-state index is 0.376. The van der Waals surface area contributed by atoms with E-state index >= 15 is 0 Å². The zero-order valence-corrected chi connectivity index (χ0v) is 14.8. The van der Waals surface area contributed by atoms with E-state index in [4.69, 9.17) is 4.74 Å². The lowest BCUT2D eigenvalue weighted by atomic mass is 10.1. The molecule has 0 saturated carbocycles. The first-order valence-corrected chi connectivity index (χ1v) is 8.89. The minimum Gasteiger partial charge on any atom is -0.377 e. The highest BCUT2D eigenvalue weighted by atomic mass is 79.9. The Kier molecular flexibility index (Phi) is 7.00. The minimum atomic E-state index is 0.376. The van der Waals surface area contributed by atoms with Crippen LogP contribution in [0.25, 0.3) is 0 Å². The van der Waals surface area contributed by atoms with Gasteiger partial charge in [-0.05, 0) is 66.4 Å². The van der Waals surface area contributed by atoms with E-state index in [1.54, 1.807) is 0 Å². The second-order valence-corrected chi connectivity index (χ2v) is 6.48. The molecule has 0 spiro atoms. The fourth-order valence-electron chi connectivity index (χ4n) is 2.86. The maximum Gasteiger partial charge on any atom is 0.0750 e. The molecule has 1 aliphatic heterocycles. The van der Waals surface area contributed by atoms with Crippen molar-refractivity contribution < 1.29 is 4.74 Å². The van der Waals surface area contributed by atoms with Crippen LogP contribution in [0.5, 0.6) is 0 Å². The summed E-state index contributed by atoms with van der Waals surface area (Å²) in [6, 6.07) is 6.71. The number of nitrogens with zero attached hydrogens (tertiary/aromatic N) is 1. The molecule has 118 valence electrons. The van der Waals surface area contributed by atoms with Crippen LogP contribution in [0.3, 0.4) is 0 Å². The van der Waals surface area contributed by atoms with Crippen LogP contribution in [0.15, 0.2) is 22.7 Å². The molecule has 0 bridgehead atoms. The van der Waals surface area contributed by atoms with E-state index < -0.39 is 0 Å². The van der Waals surface area contributed by atoms with Gasteiger partial charge in [0, 0.05) is 30.7 Å². The molecule has 1 aromatic rings. The number of rotatable bonds is 7. The van der Waals surface area contributed by atoms with Crippen LogP contribution in [0.1, 0.15) is 38.7 Å². The molecule has 4 heteroatoms. The monoisotopic (exact) mass is 354 g/mol. The molecular weight excluding hydrogens is 328 g/mol. The second kappa shape index (κ2) is 8.76. The van der Waals surface area contributed by atoms with Crippen molar-refractivity contribution in [1.82, 2.24) is 5.32 Å². The summed E-state index contributed by atoms with van der Waals surface area (Å²) in [7, 11) is 0. The zero-order valence-electron chi connectivity index (χ0n) is 13.2. The number of anilines is 1. The van der Waals surface area contributed by atoms with Crippen molar-refractivity contribution in [2.24, 2.45) is 0 Å². The number of nitrogens with one attached hydrogen (secondary N) is 1. The van der Waals surface area contributed by atoms with Gasteiger partial charge in [0.05, 0.1) is 11.8 Å². The summed E-state index contributed by atoms with van der Waals surface area (Å²) in [6.45, 7) is 9.21. The third-order valence-electron chi connectivity index (χ3n) is 3.89. The van der Waals surface area contributed by atoms with Crippen LogP contribution in [0.2, 0.25) is 0 Å². The van der Waals surface area contributed by atoms with Gasteiger partial charge in [0.2, 0.25) is 0 Å². The highest BCUT2D eigenvalue weighted by Crippen LogP contribution is 2.30. The Morgan fingerprint density at radius 1 is 1.38 bits per heavy atom. The molecule has 0 aromatic heterocycles. The largest absolute Gasteiger partial charge is 0.377 e. The summed E-state index contributed by atoms with van der Waals surface area (Å²) >= 11 is 3.74. The van der Waals surface area contributed by atoms with Gasteiger partial charge in [-0.3, -0.25) is 0 Å². The first-order valence-electron chi connectivity index (χ1n) is 8.10. The van der Waals surface area contributed by atoms with E-state index in [1.807, 2.05) is 0 Å². The Labute approximate surface area is 137 Å². The Hall–Kier alpha value is -0.580. The Morgan fingerprint density at radius 2 is 2.24 bits per heavy atom. The molecule has 1 fully saturated rings. The Bertz CT molecular complexity index is 437. The van der Waals surface area contributed by atoms with Crippen LogP contribution >= 0.6 is 15.9 Å². The van der Waals surface area contributed by atoms with E-state index in [-0.39, 0.29) is 0 Å². The molecule has 1 heterocycles. The number of piperidine rings is 1. The molecule has 1 atom stereocenters. The van der Waals surface area contributed by atoms with Crippen LogP contribution in [0.4, 0.5) is 5.69 Å². The number of hydrogen-bond donors (Lipinski definition) is 1. The summed E-state index contributed by atoms with van der Waals surface area (Å²) in [5.41, 5.74) is 2.62. The van der Waals surface area contributed by atoms with Crippen molar-refractivity contribution >= 4 is 21.6 Å². The van der Waals surface area contributed by atoms with Gasteiger partial charge in [-0.25, -0.2) is 0 Å². The molecule has 0 aliphatic carbocycles. The molecule has 2 rings (SSSR count). The number of halogens is 1. The molecule has 0 radical (unpaired) electrons. The lowest BCUT2D eigenvalue weighted by Gasteiger charge is -2.34. The summed E-state index contributed by atoms with van der Waals surface area (Å²) in [5.74, 6) is 0. The van der Waals surface area contributed by atoms with E-state index in [9.17, 15) is 0 Å². The molecule has 0 amide bonds. The van der Waals surface area contributed by atoms with Crippen LogP contribution in [-0.4, -0.2) is 32.3 Å². The fraction of sp³-hybridized carbons (Fsp3) is 0.647. The standard InChI is InChI=1S/C17H27BrN2O/c1-3-9-19-12-14-7-8-17(16(18)11-14)20-10-5-6-15(13-20)21-4-2/h7-8,11,15,19H,3-6,9-10,12-13H2,1-2H3. The maximum atomic E-state index is 5.80. The Balaban J connectivity index is 1.99. The number of ether oxygens (including phenoxy) is 1. The molecule has 1 N–H and O–H groups in total. The average molecular weight is 355 g/mol. The molecule has 21 heavy (non-hydrogen) atoms. The van der Waals surface area contributed by atoms with Crippen LogP contribution < -0.4 is 10.2 Å². The van der Waals surface area contributed by atoms with Crippen LogP contribution in [-0.2, 0) is 11.3 Å². The first-order chi connectivity index (χ1) is 10.2. The fourth-order valence-corrected chi connectivity index (χ4v) is 3.53. The van der Waals surface area contributed by atoms with Gasteiger partial charge < -0.3 is 15.0 Å². The normalized spacial score (nSPS) is 19.0. The van der Waals surface area contributed by atoms with Gasteiger partial charge in [-0.2, -0.15) is 0 Å². The number of hydrogen-bond acceptors (Lipinski definition) is 3. The van der Waals surface area contributed by atoms with E-state index in [0.717, 1.165) is 32.8 Å². The average Bonchev–Trinajstić information content (AvgIpc) is 2.48. The van der Waals surface area contributed by atoms with Crippen molar-refractivity contribution in [2.75, 3.05) is 31.1 Å². The second-order valence-electron chi connectivity index (χ2n) is 5.63. The van der Waals surface area contributed by atoms with Gasteiger partial charge in [-0.1, -0.05) is 13.0 Å². The molecule has 3 nitrogen and oxygen atoms in total. The molecule has 1 saturated heterocycles. The highest BCUT2D eigenvalue weighted by molar-refractivity contribution is 9.10. The van der Waals surface area contributed by atoms with E-state index in [0.29, 0.717) is 6.10 Å². The predicted octanol–water partition coefficient (Wildman–Crippen LogP) is 3.95. The van der Waals surface area contributed by atoms with Crippen molar-refractivity contribution in [3.63, 3.8) is 0 Å². The van der Waals surface area contributed by atoms with Crippen molar-refractivity contribution in [3.8, 4) is 0 Å². The summed E-state index contributed by atoms with van der Waals surface area (Å²) in [6.07, 6.45) is 3.94. The SMILES string of the molecule is CCCNCc1ccc(N2CCCC(OCC)C2)c(Br)c1. The summed E-state index contributed by atoms with van der Waals surface area (Å²) < 4.78 is 6.99. The van der Waals surface area contributed by atoms with Gasteiger partial charge in [0.15, 0.2) is 0 Å². The Morgan fingerprint density at radius 3 is 2.95 bits per heavy atom. The highest BCUT2D eigenvalue weighted by Gasteiger charge is 2.21. The van der Waals surface area contributed by atoms with Gasteiger partial charge in [0.1, 0.15) is 0 Å². The maximum absolute atomic E-state index is 5.80. The summed E-state index contributed by atoms with van der Waals surface area (Å²) in [5, 5.41) is 3.45. The van der Waals surface area contributed by atoms with Crippen molar-refractivity contribution in [3.05, 3.63) is 28.2 Å². The lowest BCUT2D eigenvalue weighted by molar-refractivity contribution is 0.0526. The van der Waals surface area contributed by atoms with Crippen molar-refractivity contribution in [2.45, 2.75) is 45.8 Å². The van der Waals surface area contributed by atoms with Gasteiger partial charge >= 0.3 is 0 Å². The number of benzene rings is 1. The topological polar surface area (TPSA) is 24.5 Å². The van der Waals surface area contributed by atoms with E-state index in [2.05, 4.69) is 58.2 Å². The molecule has 1 unspecified atom stereocenters. The van der Waals surface area contributed by atoms with Gasteiger partial charge in [0.25, 0.3) is 0 Å². The predicted molar refractivity (Wildman–Crippen MR) is 93.0 cm³/mol. The lowest BCUT2D eigenvalue weighted by Crippen LogP contribution is -2.39. The third kappa shape index (κ3) is 4.97.